The molecule has 0 radical (unpaired) electrons. The van der Waals surface area contributed by atoms with Gasteiger partial charge in [-0.3, -0.25) is 4.79 Å². The highest BCUT2D eigenvalue weighted by molar-refractivity contribution is 7.12. The van der Waals surface area contributed by atoms with E-state index in [1.807, 2.05) is 58.1 Å². The maximum Gasteiger partial charge on any atom is 0.319 e. The van der Waals surface area contributed by atoms with Crippen LogP contribution in [-0.2, 0) is 6.54 Å². The zero-order valence-corrected chi connectivity index (χ0v) is 19.9. The zero-order chi connectivity index (χ0) is 23.5. The lowest BCUT2D eigenvalue weighted by Crippen LogP contribution is -2.37. The van der Waals surface area contributed by atoms with E-state index in [4.69, 9.17) is 11.6 Å². The van der Waals surface area contributed by atoms with Crippen LogP contribution >= 0.6 is 22.9 Å². The number of hydrogen-bond donors (Lipinski definition) is 2. The van der Waals surface area contributed by atoms with Crippen LogP contribution in [-0.4, -0.2) is 44.3 Å². The van der Waals surface area contributed by atoms with Crippen LogP contribution < -0.4 is 10.6 Å². The topological polar surface area (TPSA) is 91.6 Å². The number of urea groups is 1. The number of likely N-dealkylation sites (tertiary alicyclic amines) is 1. The Morgan fingerprint density at radius 3 is 2.62 bits per heavy atom. The zero-order valence-electron chi connectivity index (χ0n) is 18.3. The lowest BCUT2D eigenvalue weighted by atomic mass is 9.89. The first-order valence-electron chi connectivity index (χ1n) is 11.0. The summed E-state index contributed by atoms with van der Waals surface area (Å²) in [6.07, 6.45) is 7.31. The number of anilines is 1. The molecule has 174 valence electrons. The average molecular weight is 495 g/mol. The second-order valence-corrected chi connectivity index (χ2v) is 9.41. The molecule has 3 amide bonds. The van der Waals surface area contributed by atoms with E-state index >= 15 is 0 Å². The highest BCUT2D eigenvalue weighted by Gasteiger charge is 2.26. The molecule has 5 rings (SSSR count). The molecule has 2 N–H and O–H groups in total. The predicted molar refractivity (Wildman–Crippen MR) is 132 cm³/mol. The van der Waals surface area contributed by atoms with Crippen molar-refractivity contribution in [2.24, 2.45) is 0 Å². The first-order valence-corrected chi connectivity index (χ1v) is 12.3. The van der Waals surface area contributed by atoms with Gasteiger partial charge in [0.2, 0.25) is 0 Å². The van der Waals surface area contributed by atoms with Gasteiger partial charge in [-0.15, -0.1) is 11.3 Å². The van der Waals surface area contributed by atoms with Crippen molar-refractivity contribution in [2.75, 3.05) is 18.4 Å². The van der Waals surface area contributed by atoms with Gasteiger partial charge in [-0.05, 0) is 54.2 Å². The number of piperidine rings is 1. The normalized spacial score (nSPS) is 14.3. The molecule has 1 aliphatic rings. The molecular formula is C24H23ClN6O2S. The van der Waals surface area contributed by atoms with E-state index in [1.54, 1.807) is 11.7 Å². The maximum atomic E-state index is 12.6. The molecule has 1 saturated heterocycles. The Hall–Kier alpha value is -3.43. The van der Waals surface area contributed by atoms with Crippen LogP contribution in [0.1, 0.15) is 39.6 Å². The molecule has 4 heterocycles. The van der Waals surface area contributed by atoms with E-state index in [9.17, 15) is 9.59 Å². The number of thiazole rings is 1. The fourth-order valence-electron chi connectivity index (χ4n) is 4.19. The van der Waals surface area contributed by atoms with Gasteiger partial charge in [-0.1, -0.05) is 23.7 Å². The standard InChI is InChI=1S/C24H23ClN6O2S/c25-22-21(34-15-28-22)23(32)31-10-6-18(7-11-31)17-1-3-19(4-2-17)29-24(33)27-14-16-5-9-30-12-8-26-20(30)13-16/h1-5,8-9,12-13,15,18H,6-7,10-11,14H2,(H2,27,29,33). The number of carbonyl (C=O) groups excluding carboxylic acids is 2. The van der Waals surface area contributed by atoms with E-state index in [0.717, 1.165) is 29.7 Å². The summed E-state index contributed by atoms with van der Waals surface area (Å²) in [4.78, 5) is 35.5. The number of pyridine rings is 1. The highest BCUT2D eigenvalue weighted by Crippen LogP contribution is 2.30. The van der Waals surface area contributed by atoms with E-state index in [0.29, 0.717) is 30.4 Å². The number of fused-ring (bicyclic) bond motifs is 1. The number of nitrogens with zero attached hydrogens (tertiary/aromatic N) is 4. The van der Waals surface area contributed by atoms with Gasteiger partial charge in [0.1, 0.15) is 10.5 Å². The molecule has 0 saturated carbocycles. The van der Waals surface area contributed by atoms with Crippen molar-refractivity contribution in [1.82, 2.24) is 24.6 Å². The lowest BCUT2D eigenvalue weighted by molar-refractivity contribution is 0.0718. The molecule has 0 atom stereocenters. The third kappa shape index (κ3) is 4.90. The molecule has 0 unspecified atom stereocenters. The Kier molecular flexibility index (Phi) is 6.46. The van der Waals surface area contributed by atoms with Gasteiger partial charge < -0.3 is 19.9 Å². The molecule has 1 aromatic carbocycles. The van der Waals surface area contributed by atoms with Crippen molar-refractivity contribution >= 4 is 46.2 Å². The summed E-state index contributed by atoms with van der Waals surface area (Å²) >= 11 is 7.29. The smallest absolute Gasteiger partial charge is 0.319 e. The number of imidazole rings is 1. The highest BCUT2D eigenvalue weighted by atomic mass is 35.5. The molecular weight excluding hydrogens is 472 g/mol. The summed E-state index contributed by atoms with van der Waals surface area (Å²) in [7, 11) is 0. The SMILES string of the molecule is O=C(NCc1ccn2ccnc2c1)Nc1ccc(C2CCN(C(=O)c3scnc3Cl)CC2)cc1. The van der Waals surface area contributed by atoms with E-state index in [1.165, 1.54) is 16.9 Å². The number of amides is 3. The van der Waals surface area contributed by atoms with Crippen molar-refractivity contribution in [2.45, 2.75) is 25.3 Å². The van der Waals surface area contributed by atoms with E-state index in [2.05, 4.69) is 20.6 Å². The molecule has 10 heteroatoms. The maximum absolute atomic E-state index is 12.6. The minimum atomic E-state index is -0.260. The summed E-state index contributed by atoms with van der Waals surface area (Å²) in [5.41, 5.74) is 5.36. The minimum absolute atomic E-state index is 0.0405. The van der Waals surface area contributed by atoms with Crippen LogP contribution in [0.5, 0.6) is 0 Å². The number of halogens is 1. The Labute approximate surface area is 205 Å². The van der Waals surface area contributed by atoms with Gasteiger partial charge in [-0.2, -0.15) is 0 Å². The van der Waals surface area contributed by atoms with Gasteiger partial charge >= 0.3 is 6.03 Å². The second kappa shape index (κ2) is 9.82. The number of hydrogen-bond acceptors (Lipinski definition) is 5. The van der Waals surface area contributed by atoms with Crippen molar-refractivity contribution < 1.29 is 9.59 Å². The Morgan fingerprint density at radius 2 is 1.88 bits per heavy atom. The van der Waals surface area contributed by atoms with Gasteiger partial charge in [0.05, 0.1) is 5.51 Å². The van der Waals surface area contributed by atoms with Crippen LogP contribution in [0.4, 0.5) is 10.5 Å². The molecule has 1 fully saturated rings. The number of aromatic nitrogens is 3. The summed E-state index contributed by atoms with van der Waals surface area (Å²) in [5, 5.41) is 6.03. The van der Waals surface area contributed by atoms with Crippen molar-refractivity contribution in [3.05, 3.63) is 81.7 Å². The largest absolute Gasteiger partial charge is 0.338 e. The van der Waals surface area contributed by atoms with Crippen LogP contribution in [0.3, 0.4) is 0 Å². The summed E-state index contributed by atoms with van der Waals surface area (Å²) < 4.78 is 1.92. The molecule has 0 aliphatic carbocycles. The molecule has 8 nitrogen and oxygen atoms in total. The lowest BCUT2D eigenvalue weighted by Gasteiger charge is -2.32. The third-order valence-corrected chi connectivity index (χ3v) is 7.27. The van der Waals surface area contributed by atoms with E-state index in [-0.39, 0.29) is 17.1 Å². The van der Waals surface area contributed by atoms with E-state index < -0.39 is 0 Å². The Balaban J connectivity index is 1.11. The number of benzene rings is 1. The average Bonchev–Trinajstić information content (AvgIpc) is 3.51. The number of nitrogens with one attached hydrogen (secondary N) is 2. The summed E-state index contributed by atoms with van der Waals surface area (Å²) in [6.45, 7) is 1.78. The fourth-order valence-corrected chi connectivity index (χ4v) is 5.15. The second-order valence-electron chi connectivity index (χ2n) is 8.20. The molecule has 1 aliphatic heterocycles. The minimum Gasteiger partial charge on any atom is -0.338 e. The Bertz CT molecular complexity index is 1310. The Morgan fingerprint density at radius 1 is 1.09 bits per heavy atom. The molecule has 4 aromatic rings. The van der Waals surface area contributed by atoms with Crippen LogP contribution in [0, 0.1) is 0 Å². The van der Waals surface area contributed by atoms with Crippen molar-refractivity contribution in [3.63, 3.8) is 0 Å². The van der Waals surface area contributed by atoms with Crippen molar-refractivity contribution in [1.29, 1.82) is 0 Å². The first kappa shape index (κ1) is 22.4. The number of carbonyl (C=O) groups is 2. The van der Waals surface area contributed by atoms with Gasteiger partial charge in [0.15, 0.2) is 5.15 Å². The number of rotatable bonds is 5. The fraction of sp³-hybridized carbons (Fsp3) is 0.250. The summed E-state index contributed by atoms with van der Waals surface area (Å²) in [6, 6.07) is 11.6. The van der Waals surface area contributed by atoms with Gasteiger partial charge in [0, 0.05) is 43.9 Å². The van der Waals surface area contributed by atoms with Gasteiger partial charge in [0.25, 0.3) is 5.91 Å². The van der Waals surface area contributed by atoms with Crippen LogP contribution in [0.15, 0.2) is 60.5 Å². The van der Waals surface area contributed by atoms with Crippen LogP contribution in [0.2, 0.25) is 5.15 Å². The van der Waals surface area contributed by atoms with Crippen molar-refractivity contribution in [3.8, 4) is 0 Å². The summed E-state index contributed by atoms with van der Waals surface area (Å²) in [5.74, 6) is 0.336. The van der Waals surface area contributed by atoms with Crippen LogP contribution in [0.25, 0.3) is 5.65 Å². The molecule has 34 heavy (non-hydrogen) atoms. The molecule has 0 bridgehead atoms. The molecule has 3 aromatic heterocycles. The van der Waals surface area contributed by atoms with Gasteiger partial charge in [-0.25, -0.2) is 14.8 Å². The third-order valence-electron chi connectivity index (χ3n) is 6.06. The molecule has 0 spiro atoms. The quantitative estimate of drug-likeness (QED) is 0.417. The monoisotopic (exact) mass is 494 g/mol. The first-order chi connectivity index (χ1) is 16.6. The predicted octanol–water partition coefficient (Wildman–Crippen LogP) is 4.79.